The summed E-state index contributed by atoms with van der Waals surface area (Å²) in [5, 5.41) is 4.65. The third-order valence-corrected chi connectivity index (χ3v) is 7.52. The van der Waals surface area contributed by atoms with Crippen LogP contribution in [0.3, 0.4) is 0 Å². The van der Waals surface area contributed by atoms with E-state index in [1.165, 1.54) is 0 Å². The Morgan fingerprint density at radius 1 is 0.846 bits per heavy atom. The highest BCUT2D eigenvalue weighted by molar-refractivity contribution is 6.07. The lowest BCUT2D eigenvalue weighted by Gasteiger charge is -2.32. The largest absolute Gasteiger partial charge is 0.493 e. The topological polar surface area (TPSA) is 92.5 Å². The SMILES string of the molecule is COc1ccc(-c2ccnc3cc(C(=O)N4CCc5ccc(C(=O)N6CCN(C)CC6)cc54)nn23)cc1OC. The predicted molar refractivity (Wildman–Crippen MR) is 147 cm³/mol. The van der Waals surface area contributed by atoms with E-state index in [0.717, 1.165) is 42.0 Å². The lowest BCUT2D eigenvalue weighted by Crippen LogP contribution is -2.47. The van der Waals surface area contributed by atoms with Crippen molar-refractivity contribution in [1.82, 2.24) is 24.4 Å². The Kier molecular flexibility index (Phi) is 6.40. The van der Waals surface area contributed by atoms with Gasteiger partial charge in [0, 0.05) is 61.8 Å². The molecule has 10 nitrogen and oxygen atoms in total. The van der Waals surface area contributed by atoms with E-state index in [1.807, 2.05) is 47.4 Å². The number of amides is 2. The summed E-state index contributed by atoms with van der Waals surface area (Å²) in [5.74, 6) is 1.00. The molecule has 1 saturated heterocycles. The number of hydrogen-bond acceptors (Lipinski definition) is 7. The molecule has 2 aliphatic heterocycles. The number of likely N-dealkylation sites (N-methyl/N-ethyl adjacent to an activating group) is 1. The standard InChI is InChI=1S/C29H30N6O4/c1-32-12-14-33(15-13-32)28(36)21-5-4-19-9-11-34(24(19)16-21)29(37)22-18-27-30-10-8-23(35(27)31-22)20-6-7-25(38-2)26(17-20)39-3/h4-8,10,16-18H,9,11-15H2,1-3H3. The van der Waals surface area contributed by atoms with Gasteiger partial charge in [0.2, 0.25) is 0 Å². The molecule has 0 N–H and O–H groups in total. The van der Waals surface area contributed by atoms with E-state index in [2.05, 4.69) is 22.0 Å². The maximum atomic E-state index is 13.7. The van der Waals surface area contributed by atoms with E-state index in [1.54, 1.807) is 35.9 Å². The minimum absolute atomic E-state index is 0.00157. The summed E-state index contributed by atoms with van der Waals surface area (Å²) in [6.45, 7) is 3.64. The van der Waals surface area contributed by atoms with Crippen molar-refractivity contribution >= 4 is 23.1 Å². The van der Waals surface area contributed by atoms with Crippen LogP contribution in [-0.2, 0) is 6.42 Å². The Bertz CT molecular complexity index is 1570. The van der Waals surface area contributed by atoms with E-state index in [4.69, 9.17) is 9.47 Å². The molecule has 0 bridgehead atoms. The number of fused-ring (bicyclic) bond motifs is 2. The quantitative estimate of drug-likeness (QED) is 0.395. The number of methoxy groups -OCH3 is 2. The normalized spacial score (nSPS) is 15.5. The lowest BCUT2D eigenvalue weighted by molar-refractivity contribution is 0.0664. The average Bonchev–Trinajstić information content (AvgIpc) is 3.60. The Morgan fingerprint density at radius 3 is 2.41 bits per heavy atom. The second kappa shape index (κ2) is 10.0. The van der Waals surface area contributed by atoms with Crippen LogP contribution in [0.4, 0.5) is 5.69 Å². The first-order chi connectivity index (χ1) is 19.0. The van der Waals surface area contributed by atoms with Crippen LogP contribution in [0.25, 0.3) is 16.9 Å². The molecule has 200 valence electrons. The summed E-state index contributed by atoms with van der Waals surface area (Å²) in [6, 6.07) is 14.8. The van der Waals surface area contributed by atoms with Crippen molar-refractivity contribution in [2.24, 2.45) is 0 Å². The van der Waals surface area contributed by atoms with Gasteiger partial charge < -0.3 is 24.2 Å². The summed E-state index contributed by atoms with van der Waals surface area (Å²) < 4.78 is 12.5. The lowest BCUT2D eigenvalue weighted by atomic mass is 10.1. The number of carbonyl (C=O) groups is 2. The molecular formula is C29H30N6O4. The summed E-state index contributed by atoms with van der Waals surface area (Å²) >= 11 is 0. The molecule has 4 heterocycles. The molecule has 4 aromatic rings. The molecule has 39 heavy (non-hydrogen) atoms. The Labute approximate surface area is 226 Å². The van der Waals surface area contributed by atoms with Crippen LogP contribution in [0.1, 0.15) is 26.4 Å². The van der Waals surface area contributed by atoms with E-state index >= 15 is 0 Å². The van der Waals surface area contributed by atoms with Crippen LogP contribution in [-0.4, -0.2) is 90.2 Å². The molecule has 2 amide bonds. The fourth-order valence-electron chi connectivity index (χ4n) is 5.27. The van der Waals surface area contributed by atoms with Gasteiger partial charge in [0.05, 0.1) is 19.9 Å². The van der Waals surface area contributed by atoms with Gasteiger partial charge >= 0.3 is 0 Å². The summed E-state index contributed by atoms with van der Waals surface area (Å²) in [5.41, 5.74) is 4.88. The maximum absolute atomic E-state index is 13.7. The van der Waals surface area contributed by atoms with Crippen LogP contribution in [0.15, 0.2) is 54.7 Å². The van der Waals surface area contributed by atoms with Gasteiger partial charge in [-0.25, -0.2) is 9.50 Å². The first kappa shape index (κ1) is 24.9. The van der Waals surface area contributed by atoms with Crippen LogP contribution < -0.4 is 14.4 Å². The number of benzene rings is 2. The van der Waals surface area contributed by atoms with Gasteiger partial charge in [-0.1, -0.05) is 6.07 Å². The van der Waals surface area contributed by atoms with Gasteiger partial charge in [0.25, 0.3) is 11.8 Å². The van der Waals surface area contributed by atoms with Gasteiger partial charge in [-0.2, -0.15) is 5.10 Å². The zero-order chi connectivity index (χ0) is 27.1. The van der Waals surface area contributed by atoms with Crippen molar-refractivity contribution in [3.05, 3.63) is 71.5 Å². The molecule has 2 aliphatic rings. The van der Waals surface area contributed by atoms with Gasteiger partial charge in [-0.3, -0.25) is 9.59 Å². The highest BCUT2D eigenvalue weighted by atomic mass is 16.5. The first-order valence-electron chi connectivity index (χ1n) is 13.0. The molecule has 0 spiro atoms. The zero-order valence-corrected chi connectivity index (χ0v) is 22.3. The first-order valence-corrected chi connectivity index (χ1v) is 13.0. The van der Waals surface area contributed by atoms with E-state index in [-0.39, 0.29) is 11.8 Å². The Balaban J connectivity index is 1.30. The van der Waals surface area contributed by atoms with E-state index in [0.29, 0.717) is 48.0 Å². The highest BCUT2D eigenvalue weighted by Gasteiger charge is 2.30. The van der Waals surface area contributed by atoms with Gasteiger partial charge in [-0.05, 0) is 55.4 Å². The monoisotopic (exact) mass is 526 g/mol. The van der Waals surface area contributed by atoms with Crippen molar-refractivity contribution in [3.8, 4) is 22.8 Å². The molecule has 0 atom stereocenters. The maximum Gasteiger partial charge on any atom is 0.278 e. The molecule has 0 saturated carbocycles. The van der Waals surface area contributed by atoms with Crippen LogP contribution in [0.2, 0.25) is 0 Å². The number of anilines is 1. The van der Waals surface area contributed by atoms with Gasteiger partial charge in [0.15, 0.2) is 22.8 Å². The molecule has 2 aromatic carbocycles. The second-order valence-corrected chi connectivity index (χ2v) is 9.85. The third-order valence-electron chi connectivity index (χ3n) is 7.52. The second-order valence-electron chi connectivity index (χ2n) is 9.85. The van der Waals surface area contributed by atoms with Crippen LogP contribution >= 0.6 is 0 Å². The molecule has 2 aromatic heterocycles. The van der Waals surface area contributed by atoms with Crippen molar-refractivity contribution in [2.45, 2.75) is 6.42 Å². The number of carbonyl (C=O) groups excluding carboxylic acids is 2. The fourth-order valence-corrected chi connectivity index (χ4v) is 5.27. The highest BCUT2D eigenvalue weighted by Crippen LogP contribution is 2.33. The molecule has 0 radical (unpaired) electrons. The molecule has 1 fully saturated rings. The summed E-state index contributed by atoms with van der Waals surface area (Å²) in [7, 11) is 5.24. The van der Waals surface area contributed by atoms with E-state index in [9.17, 15) is 9.59 Å². The number of ether oxygens (including phenoxy) is 2. The third kappa shape index (κ3) is 4.46. The van der Waals surface area contributed by atoms with Gasteiger partial charge in [-0.15, -0.1) is 0 Å². The fraction of sp³-hybridized carbons (Fsp3) is 0.310. The molecular weight excluding hydrogens is 496 g/mol. The number of aromatic nitrogens is 3. The molecule has 0 aliphatic carbocycles. The summed E-state index contributed by atoms with van der Waals surface area (Å²) in [6.07, 6.45) is 2.42. The van der Waals surface area contributed by atoms with Gasteiger partial charge in [0.1, 0.15) is 0 Å². The number of nitrogens with zero attached hydrogens (tertiary/aromatic N) is 6. The number of piperazine rings is 1. The van der Waals surface area contributed by atoms with Crippen molar-refractivity contribution < 1.29 is 19.1 Å². The smallest absolute Gasteiger partial charge is 0.278 e. The Hall–Kier alpha value is -4.44. The van der Waals surface area contributed by atoms with Crippen molar-refractivity contribution in [3.63, 3.8) is 0 Å². The molecule has 10 heteroatoms. The Morgan fingerprint density at radius 2 is 1.64 bits per heavy atom. The minimum atomic E-state index is -0.221. The van der Waals surface area contributed by atoms with E-state index < -0.39 is 0 Å². The zero-order valence-electron chi connectivity index (χ0n) is 22.3. The number of rotatable bonds is 5. The van der Waals surface area contributed by atoms with Crippen molar-refractivity contribution in [2.75, 3.05) is 58.9 Å². The van der Waals surface area contributed by atoms with Crippen LogP contribution in [0.5, 0.6) is 11.5 Å². The minimum Gasteiger partial charge on any atom is -0.493 e. The molecule has 0 unspecified atom stereocenters. The summed E-state index contributed by atoms with van der Waals surface area (Å²) in [4.78, 5) is 37.2. The number of hydrogen-bond donors (Lipinski definition) is 0. The molecule has 6 rings (SSSR count). The van der Waals surface area contributed by atoms with Crippen molar-refractivity contribution in [1.29, 1.82) is 0 Å². The predicted octanol–water partition coefficient (Wildman–Crippen LogP) is 3.00. The van der Waals surface area contributed by atoms with Crippen LogP contribution in [0, 0.1) is 0 Å². The average molecular weight is 527 g/mol.